The van der Waals surface area contributed by atoms with Crippen LogP contribution >= 0.6 is 0 Å². The van der Waals surface area contributed by atoms with Gasteiger partial charge >= 0.3 is 0 Å². The van der Waals surface area contributed by atoms with E-state index in [1.807, 2.05) is 13.8 Å². The van der Waals surface area contributed by atoms with Gasteiger partial charge < -0.3 is 14.7 Å². The van der Waals surface area contributed by atoms with Crippen LogP contribution in [0.1, 0.15) is 20.8 Å². The molecule has 0 radical (unpaired) electrons. The van der Waals surface area contributed by atoms with Gasteiger partial charge in [0.1, 0.15) is 12.2 Å². The minimum atomic E-state index is -0.614. The van der Waals surface area contributed by atoms with Crippen molar-refractivity contribution in [3.05, 3.63) is 37.1 Å². The second-order valence-corrected chi connectivity index (χ2v) is 4.09. The Kier molecular flexibility index (Phi) is 7.05. The average molecular weight is 253 g/mol. The SMILES string of the molecule is C=C.C=C/C(C)=C(\C)OC1CN(C(C)=O)C[C@H]1O. The van der Waals surface area contributed by atoms with E-state index in [9.17, 15) is 9.90 Å². The van der Waals surface area contributed by atoms with Crippen molar-refractivity contribution < 1.29 is 14.6 Å². The highest BCUT2D eigenvalue weighted by atomic mass is 16.5. The van der Waals surface area contributed by atoms with E-state index in [4.69, 9.17) is 4.74 Å². The van der Waals surface area contributed by atoms with Gasteiger partial charge in [-0.1, -0.05) is 12.7 Å². The van der Waals surface area contributed by atoms with Gasteiger partial charge in [0.2, 0.25) is 5.91 Å². The summed E-state index contributed by atoms with van der Waals surface area (Å²) in [5, 5.41) is 9.74. The minimum Gasteiger partial charge on any atom is -0.490 e. The lowest BCUT2D eigenvalue weighted by molar-refractivity contribution is -0.128. The van der Waals surface area contributed by atoms with Gasteiger partial charge in [0.25, 0.3) is 0 Å². The summed E-state index contributed by atoms with van der Waals surface area (Å²) in [6.07, 6.45) is 0.759. The van der Waals surface area contributed by atoms with Crippen LogP contribution in [0.2, 0.25) is 0 Å². The number of allylic oxidation sites excluding steroid dienone is 3. The molecule has 1 amide bonds. The number of hydrogen-bond acceptors (Lipinski definition) is 3. The van der Waals surface area contributed by atoms with Gasteiger partial charge in [-0.3, -0.25) is 4.79 Å². The average Bonchev–Trinajstić information content (AvgIpc) is 2.72. The van der Waals surface area contributed by atoms with E-state index < -0.39 is 6.10 Å². The Bertz CT molecular complexity index is 336. The predicted octanol–water partition coefficient (Wildman–Crippen LogP) is 1.88. The van der Waals surface area contributed by atoms with Crippen LogP contribution in [0.3, 0.4) is 0 Å². The van der Waals surface area contributed by atoms with Gasteiger partial charge in [-0.25, -0.2) is 0 Å². The minimum absolute atomic E-state index is 0.0350. The van der Waals surface area contributed by atoms with Gasteiger partial charge in [0, 0.05) is 6.92 Å². The molecular formula is C14H23NO3. The van der Waals surface area contributed by atoms with Crippen LogP contribution < -0.4 is 0 Å². The molecule has 1 N–H and O–H groups in total. The number of ether oxygens (including phenoxy) is 1. The summed E-state index contributed by atoms with van der Waals surface area (Å²) in [7, 11) is 0. The Morgan fingerprint density at radius 1 is 1.33 bits per heavy atom. The van der Waals surface area contributed by atoms with Crippen molar-refractivity contribution in [3.63, 3.8) is 0 Å². The first-order valence-corrected chi connectivity index (χ1v) is 5.85. The first-order chi connectivity index (χ1) is 8.45. The highest BCUT2D eigenvalue weighted by molar-refractivity contribution is 5.73. The third-order valence-electron chi connectivity index (χ3n) is 2.87. The maximum Gasteiger partial charge on any atom is 0.219 e. The van der Waals surface area contributed by atoms with Crippen molar-refractivity contribution in [1.82, 2.24) is 4.90 Å². The lowest BCUT2D eigenvalue weighted by Crippen LogP contribution is -2.27. The Morgan fingerprint density at radius 2 is 1.89 bits per heavy atom. The van der Waals surface area contributed by atoms with E-state index >= 15 is 0 Å². The van der Waals surface area contributed by atoms with Crippen molar-refractivity contribution in [2.45, 2.75) is 33.0 Å². The van der Waals surface area contributed by atoms with Crippen LogP contribution in [-0.2, 0) is 9.53 Å². The molecule has 2 atom stereocenters. The number of nitrogens with zero attached hydrogens (tertiary/aromatic N) is 1. The molecular weight excluding hydrogens is 230 g/mol. The van der Waals surface area contributed by atoms with Crippen LogP contribution in [0, 0.1) is 0 Å². The predicted molar refractivity (Wildman–Crippen MR) is 73.0 cm³/mol. The molecule has 102 valence electrons. The lowest BCUT2D eigenvalue weighted by Gasteiger charge is -2.17. The molecule has 1 unspecified atom stereocenters. The number of rotatable bonds is 3. The zero-order valence-electron chi connectivity index (χ0n) is 11.5. The molecule has 1 aliphatic rings. The summed E-state index contributed by atoms with van der Waals surface area (Å²) in [6.45, 7) is 15.7. The number of carbonyl (C=O) groups excluding carboxylic acids is 1. The molecule has 1 saturated heterocycles. The molecule has 0 aromatic heterocycles. The number of β-amino-alcohol motifs (C(OH)–C–C–N with tert-alkyl or cyclic N) is 1. The number of aliphatic hydroxyl groups excluding tert-OH is 1. The Morgan fingerprint density at radius 3 is 2.28 bits per heavy atom. The van der Waals surface area contributed by atoms with E-state index in [-0.39, 0.29) is 12.0 Å². The Labute approximate surface area is 109 Å². The molecule has 0 aliphatic carbocycles. The van der Waals surface area contributed by atoms with Crippen LogP contribution in [0.4, 0.5) is 0 Å². The summed E-state index contributed by atoms with van der Waals surface area (Å²) in [4.78, 5) is 12.7. The second-order valence-electron chi connectivity index (χ2n) is 4.09. The summed E-state index contributed by atoms with van der Waals surface area (Å²) >= 11 is 0. The summed E-state index contributed by atoms with van der Waals surface area (Å²) < 4.78 is 5.62. The van der Waals surface area contributed by atoms with Crippen LogP contribution in [-0.4, -0.2) is 41.2 Å². The molecule has 0 aromatic carbocycles. The second kappa shape index (κ2) is 7.71. The summed E-state index contributed by atoms with van der Waals surface area (Å²) in [5.74, 6) is 0.705. The van der Waals surface area contributed by atoms with Gasteiger partial charge in [-0.15, -0.1) is 13.2 Å². The number of hydrogen-bond donors (Lipinski definition) is 1. The zero-order valence-corrected chi connectivity index (χ0v) is 11.5. The van der Waals surface area contributed by atoms with Crippen molar-refractivity contribution in [1.29, 1.82) is 0 Å². The third-order valence-corrected chi connectivity index (χ3v) is 2.87. The van der Waals surface area contributed by atoms with E-state index in [2.05, 4.69) is 19.7 Å². The molecule has 1 aliphatic heterocycles. The fourth-order valence-corrected chi connectivity index (χ4v) is 1.59. The van der Waals surface area contributed by atoms with E-state index in [1.54, 1.807) is 11.0 Å². The highest BCUT2D eigenvalue weighted by Crippen LogP contribution is 2.18. The fourth-order valence-electron chi connectivity index (χ4n) is 1.59. The molecule has 1 heterocycles. The normalized spacial score (nSPS) is 23.7. The molecule has 0 aromatic rings. The summed E-state index contributed by atoms with van der Waals surface area (Å²) in [6, 6.07) is 0. The molecule has 1 fully saturated rings. The Balaban J connectivity index is 0.00000137. The van der Waals surface area contributed by atoms with Crippen molar-refractivity contribution >= 4 is 5.91 Å². The smallest absolute Gasteiger partial charge is 0.219 e. The topological polar surface area (TPSA) is 49.8 Å². The van der Waals surface area contributed by atoms with Crippen molar-refractivity contribution in [2.24, 2.45) is 0 Å². The molecule has 18 heavy (non-hydrogen) atoms. The van der Waals surface area contributed by atoms with Gasteiger partial charge in [-0.2, -0.15) is 0 Å². The zero-order chi connectivity index (χ0) is 14.3. The van der Waals surface area contributed by atoms with E-state index in [0.717, 1.165) is 11.3 Å². The largest absolute Gasteiger partial charge is 0.490 e. The van der Waals surface area contributed by atoms with Gasteiger partial charge in [0.15, 0.2) is 0 Å². The molecule has 4 heteroatoms. The molecule has 0 spiro atoms. The lowest BCUT2D eigenvalue weighted by atomic mass is 10.2. The molecule has 0 bridgehead atoms. The first-order valence-electron chi connectivity index (χ1n) is 5.85. The molecule has 4 nitrogen and oxygen atoms in total. The summed E-state index contributed by atoms with van der Waals surface area (Å²) in [5.41, 5.74) is 0.938. The molecule has 1 rings (SSSR count). The maximum absolute atomic E-state index is 11.1. The maximum atomic E-state index is 11.1. The third kappa shape index (κ3) is 4.37. The Hall–Kier alpha value is -1.55. The van der Waals surface area contributed by atoms with Gasteiger partial charge in [0.05, 0.1) is 18.8 Å². The number of likely N-dealkylation sites (tertiary alicyclic amines) is 1. The van der Waals surface area contributed by atoms with E-state index in [0.29, 0.717) is 13.1 Å². The van der Waals surface area contributed by atoms with Crippen molar-refractivity contribution in [2.75, 3.05) is 13.1 Å². The van der Waals surface area contributed by atoms with Crippen LogP contribution in [0.25, 0.3) is 0 Å². The monoisotopic (exact) mass is 253 g/mol. The standard InChI is InChI=1S/C12H19NO3.C2H4/c1-5-8(2)9(3)16-12-7-13(10(4)14)6-11(12)15;1-2/h5,11-12,15H,1,6-7H2,2-4H3;1-2H2/b9-8+;/t11-,12?;/m1./s1. The highest BCUT2D eigenvalue weighted by Gasteiger charge is 2.34. The van der Waals surface area contributed by atoms with Crippen LogP contribution in [0.15, 0.2) is 37.1 Å². The number of aliphatic hydroxyl groups is 1. The molecule has 0 saturated carbocycles. The number of carbonyl (C=O) groups is 1. The quantitative estimate of drug-likeness (QED) is 0.474. The van der Waals surface area contributed by atoms with E-state index in [1.165, 1.54) is 6.92 Å². The number of amides is 1. The first kappa shape index (κ1) is 16.4. The van der Waals surface area contributed by atoms with Gasteiger partial charge in [-0.05, 0) is 19.4 Å². The fraction of sp³-hybridized carbons (Fsp3) is 0.500. The van der Waals surface area contributed by atoms with Crippen molar-refractivity contribution in [3.8, 4) is 0 Å². The van der Waals surface area contributed by atoms with Crippen LogP contribution in [0.5, 0.6) is 0 Å².